The van der Waals surface area contributed by atoms with E-state index in [-0.39, 0.29) is 21.7 Å². The van der Waals surface area contributed by atoms with Gasteiger partial charge < -0.3 is 0 Å². The van der Waals surface area contributed by atoms with Crippen molar-refractivity contribution in [3.05, 3.63) is 411 Å². The summed E-state index contributed by atoms with van der Waals surface area (Å²) < 4.78 is 21.4. The van der Waals surface area contributed by atoms with Crippen LogP contribution in [0.25, 0.3) is 110 Å². The Hall–Kier alpha value is -11.9. The van der Waals surface area contributed by atoms with Crippen molar-refractivity contribution < 1.29 is 0 Å². The molecule has 0 aliphatic carbocycles. The van der Waals surface area contributed by atoms with Crippen LogP contribution in [0.4, 0.5) is 0 Å². The summed E-state index contributed by atoms with van der Waals surface area (Å²) in [6, 6.07) is 147. The summed E-state index contributed by atoms with van der Waals surface area (Å²) in [6.45, 7) is 27.7. The first-order valence-corrected chi connectivity index (χ1v) is 51.8. The van der Waals surface area contributed by atoms with Crippen molar-refractivity contribution in [3.63, 3.8) is 0 Å². The van der Waals surface area contributed by atoms with E-state index in [9.17, 15) is 0 Å². The van der Waals surface area contributed by atoms with E-state index in [1.54, 1.807) is 0 Å². The van der Waals surface area contributed by atoms with Crippen molar-refractivity contribution in [2.45, 2.75) is 105 Å². The number of hydrogen-bond donors (Lipinski definition) is 0. The van der Waals surface area contributed by atoms with Crippen LogP contribution in [0.15, 0.2) is 388 Å². The molecule has 20 rings (SSSR count). The summed E-state index contributed by atoms with van der Waals surface area (Å²) in [5, 5.41) is 10.2. The summed E-state index contributed by atoms with van der Waals surface area (Å²) in [6.07, 6.45) is 0. The average Bonchev–Trinajstić information content (AvgIpc) is 1.40. The zero-order valence-corrected chi connectivity index (χ0v) is 74.7. The van der Waals surface area contributed by atoms with Gasteiger partial charge >= 0.3 is 580 Å². The van der Waals surface area contributed by atoms with Crippen molar-refractivity contribution in [2.75, 3.05) is 0 Å². The topological polar surface area (TPSA) is 19.7 Å². The SMILES string of the molecule is CC(C)(C)c1ccc2c(c1)c1cc(C(C)(C)C)ccc1n2-c1ccc2c(c1)c1ccccc1n2-c1ccc[c]([Ge]([c]2ccccc2)([c]2ccccc2)[c]2ccccc2)c1.CC(C)(C)c1ccc2c(c1)c1cc(C(C)(C)C)ccc1n2-c1ccc2c(c1)c1ccccc1n2-c1ccc[c]([Sn]([c]2ccccc2)([c]2ccccc2)[c]2ccccc2)c1. The van der Waals surface area contributed by atoms with Gasteiger partial charge in [-0.15, -0.1) is 0 Å². The van der Waals surface area contributed by atoms with Crippen molar-refractivity contribution >= 4 is 151 Å². The van der Waals surface area contributed by atoms with Gasteiger partial charge in [0, 0.05) is 0 Å². The van der Waals surface area contributed by atoms with Crippen LogP contribution in [-0.4, -0.2) is 49.9 Å². The van der Waals surface area contributed by atoms with Gasteiger partial charge in [0.05, 0.1) is 0 Å². The monoisotopic (exact) mass is 1690 g/mol. The summed E-state index contributed by atoms with van der Waals surface area (Å²) in [4.78, 5) is 0. The van der Waals surface area contributed by atoms with Gasteiger partial charge in [-0.2, -0.15) is 0 Å². The fourth-order valence-corrected chi connectivity index (χ4v) is 42.8. The van der Waals surface area contributed by atoms with Crippen LogP contribution in [0.3, 0.4) is 0 Å². The molecule has 4 nitrogen and oxygen atoms in total. The van der Waals surface area contributed by atoms with Gasteiger partial charge in [0.15, 0.2) is 0 Å². The molecule has 118 heavy (non-hydrogen) atoms. The van der Waals surface area contributed by atoms with Crippen LogP contribution >= 0.6 is 0 Å². The predicted molar refractivity (Wildman–Crippen MR) is 512 cm³/mol. The Morgan fingerprint density at radius 2 is 0.415 bits per heavy atom. The number of fused-ring (bicyclic) bond motifs is 12. The van der Waals surface area contributed by atoms with Crippen LogP contribution in [0.5, 0.6) is 0 Å². The second-order valence-corrected chi connectivity index (χ2v) is 55.4. The van der Waals surface area contributed by atoms with E-state index in [1.165, 1.54) is 164 Å². The molecule has 4 aromatic heterocycles. The van der Waals surface area contributed by atoms with Gasteiger partial charge in [-0.1, -0.05) is 83.1 Å². The van der Waals surface area contributed by atoms with Crippen molar-refractivity contribution in [2.24, 2.45) is 0 Å². The van der Waals surface area contributed by atoms with E-state index in [2.05, 4.69) is 490 Å². The number of benzene rings is 16. The zero-order valence-electron chi connectivity index (χ0n) is 69.7. The number of aromatic nitrogens is 4. The third kappa shape index (κ3) is 13.0. The van der Waals surface area contributed by atoms with Gasteiger partial charge in [-0.25, -0.2) is 0 Å². The average molecular weight is 1690 g/mol. The Morgan fingerprint density at radius 3 is 0.737 bits per heavy atom. The Kier molecular flexibility index (Phi) is 19.1. The van der Waals surface area contributed by atoms with E-state index >= 15 is 0 Å². The summed E-state index contributed by atoms with van der Waals surface area (Å²) >= 11 is -7.33. The first-order valence-electron chi connectivity index (χ1n) is 41.9. The second-order valence-electron chi connectivity index (χ2n) is 36.5. The minimum atomic E-state index is -3.84. The normalized spacial score (nSPS) is 12.6. The van der Waals surface area contributed by atoms with Crippen LogP contribution in [0.2, 0.25) is 0 Å². The molecule has 0 saturated carbocycles. The Morgan fingerprint density at radius 1 is 0.178 bits per heavy atom. The third-order valence-electron chi connectivity index (χ3n) is 25.1. The third-order valence-corrected chi connectivity index (χ3v) is 48.8. The van der Waals surface area contributed by atoms with Gasteiger partial charge in [0.2, 0.25) is 0 Å². The molecule has 0 aliphatic rings. The van der Waals surface area contributed by atoms with Crippen molar-refractivity contribution in [1.29, 1.82) is 0 Å². The fraction of sp³-hybridized carbons (Fsp3) is 0.143. The maximum atomic E-state index is 2.51. The summed E-state index contributed by atoms with van der Waals surface area (Å²) in [5.41, 5.74) is 20.1. The quantitative estimate of drug-likeness (QED) is 0.109. The fourth-order valence-electron chi connectivity index (χ4n) is 19.1. The van der Waals surface area contributed by atoms with Crippen LogP contribution < -0.4 is 31.9 Å². The van der Waals surface area contributed by atoms with Gasteiger partial charge in [0.25, 0.3) is 0 Å². The number of rotatable bonds is 12. The molecule has 4 heterocycles. The Labute approximate surface area is 701 Å². The van der Waals surface area contributed by atoms with E-state index in [4.69, 9.17) is 0 Å². The van der Waals surface area contributed by atoms with Crippen LogP contribution in [-0.2, 0) is 21.7 Å². The first-order chi connectivity index (χ1) is 57.1. The molecule has 20 aromatic rings. The van der Waals surface area contributed by atoms with E-state index in [0.717, 1.165) is 0 Å². The molecule has 0 fully saturated rings. The molecule has 0 N–H and O–H groups in total. The molecule has 0 bridgehead atoms. The number of nitrogens with zero attached hydrogens (tertiary/aromatic N) is 4. The Bertz CT molecular complexity index is 6410. The molecule has 0 saturated heterocycles. The minimum absolute atomic E-state index is 0.0502. The van der Waals surface area contributed by atoms with Crippen LogP contribution in [0, 0.1) is 0 Å². The molecule has 0 radical (unpaired) electrons. The molecule has 0 aliphatic heterocycles. The van der Waals surface area contributed by atoms with E-state index < -0.39 is 31.6 Å². The first kappa shape index (κ1) is 76.1. The molecule has 576 valence electrons. The Balaban J connectivity index is 0.000000157. The van der Waals surface area contributed by atoms with Crippen LogP contribution in [0.1, 0.15) is 105 Å². The van der Waals surface area contributed by atoms with E-state index in [1.807, 2.05) is 0 Å². The summed E-state index contributed by atoms with van der Waals surface area (Å²) in [5.74, 6) is 0. The van der Waals surface area contributed by atoms with Crippen molar-refractivity contribution in [3.8, 4) is 22.7 Å². The molecule has 0 spiro atoms. The second kappa shape index (κ2) is 29.6. The molecule has 16 aromatic carbocycles. The van der Waals surface area contributed by atoms with Gasteiger partial charge in [-0.3, -0.25) is 0 Å². The zero-order chi connectivity index (χ0) is 81.0. The molecular weight excluding hydrogens is 1590 g/mol. The predicted octanol–water partition coefficient (Wildman–Crippen LogP) is 23.7. The molecule has 0 unspecified atom stereocenters. The number of para-hydroxylation sites is 2. The standard InChI is InChI=1S/C56H50GeN2.C38H35N2.3C6H5.Sn/c1-55(2,3)39-29-32-52-48(35-39)49-36-40(56(4,5)6)30-33-53(49)59(52)46-31-34-54-50(38-46)47-27-16-17-28-51(47)58(54)45-26-18-25-44(37-45)57(41-19-10-7-11-20-41,42-21-12-8-13-22-42)43-23-14-9-15-24-43;1-37(2,3)25-16-19-34-30(22-25)31-23-26(38(4,5)6)17-20-35(31)40(34)28-18-21-36-32(24-28)29-14-10-11-15-33(29)39(36)27-12-8-7-9-13-27;3*1-2-4-6-5-3-1;/h7-38H,1-6H3;7-8,10-24H,1-6H3;3*1-5H;. The molecule has 0 atom stereocenters. The van der Waals surface area contributed by atoms with Gasteiger partial charge in [0.1, 0.15) is 0 Å². The summed E-state index contributed by atoms with van der Waals surface area (Å²) in [7, 11) is 0. The van der Waals surface area contributed by atoms with E-state index in [0.29, 0.717) is 0 Å². The van der Waals surface area contributed by atoms with Gasteiger partial charge in [-0.05, 0) is 43.9 Å². The molecular formula is C112H100GeN4Sn. The number of hydrogen-bond acceptors (Lipinski definition) is 0. The molecule has 0 amide bonds. The maximum absolute atomic E-state index is 3.84. The van der Waals surface area contributed by atoms with Crippen molar-refractivity contribution in [1.82, 2.24) is 18.3 Å². The molecule has 6 heteroatoms.